The Morgan fingerprint density at radius 2 is 0.647 bits per heavy atom. The van der Waals surface area contributed by atoms with Crippen molar-refractivity contribution in [2.24, 2.45) is 0 Å². The predicted octanol–water partition coefficient (Wildman–Crippen LogP) is 8.45. The highest BCUT2D eigenvalue weighted by molar-refractivity contribution is 5.06. The van der Waals surface area contributed by atoms with E-state index in [2.05, 4.69) is 24.0 Å². The number of aliphatic hydroxyl groups is 2. The summed E-state index contributed by atoms with van der Waals surface area (Å²) in [6.45, 7) is 0. The van der Waals surface area contributed by atoms with Gasteiger partial charge >= 0.3 is 0 Å². The van der Waals surface area contributed by atoms with Crippen molar-refractivity contribution in [3.63, 3.8) is 0 Å². The topological polar surface area (TPSA) is 40.5 Å². The molecule has 0 heterocycles. The lowest BCUT2D eigenvalue weighted by molar-refractivity contribution is 0.280. The minimum Gasteiger partial charge on any atom is -0.377 e. The maximum absolute atomic E-state index is 9.22. The fourth-order valence-corrected chi connectivity index (χ4v) is 3.97. The summed E-state index contributed by atoms with van der Waals surface area (Å²) in [5.74, 6) is 4.58. The van der Waals surface area contributed by atoms with E-state index < -0.39 is 12.2 Å². The third-order valence-electron chi connectivity index (χ3n) is 6.13. The van der Waals surface area contributed by atoms with E-state index in [0.717, 1.165) is 12.8 Å². The van der Waals surface area contributed by atoms with E-state index in [1.807, 2.05) is 12.2 Å². The Hall–Kier alpha value is -1.74. The molecule has 0 radical (unpaired) electrons. The van der Waals surface area contributed by atoms with Gasteiger partial charge in [0.2, 0.25) is 0 Å². The van der Waals surface area contributed by atoms with Crippen LogP contribution in [0.2, 0.25) is 0 Å². The largest absolute Gasteiger partial charge is 0.377 e. The highest BCUT2D eigenvalue weighted by Gasteiger charge is 1.94. The van der Waals surface area contributed by atoms with Crippen molar-refractivity contribution in [2.45, 2.75) is 141 Å². The van der Waals surface area contributed by atoms with Crippen LogP contribution in [-0.2, 0) is 0 Å². The van der Waals surface area contributed by atoms with Crippen LogP contribution in [0.1, 0.15) is 128 Å². The van der Waals surface area contributed by atoms with Crippen LogP contribution in [0.25, 0.3) is 0 Å². The van der Waals surface area contributed by atoms with Crippen LogP contribution in [0.3, 0.4) is 0 Å². The average Bonchev–Trinajstić information content (AvgIpc) is 2.85. The van der Waals surface area contributed by atoms with Gasteiger partial charge in [0, 0.05) is 0 Å². The molecule has 0 saturated carbocycles. The second-order valence-corrected chi connectivity index (χ2v) is 9.36. The molecule has 0 bridgehead atoms. The molecule has 34 heavy (non-hydrogen) atoms. The first kappa shape index (κ1) is 32.3. The van der Waals surface area contributed by atoms with Gasteiger partial charge in [-0.3, -0.25) is 0 Å². The predicted molar refractivity (Wildman–Crippen MR) is 149 cm³/mol. The molecule has 192 valence electrons. The van der Waals surface area contributed by atoms with Gasteiger partial charge in [-0.1, -0.05) is 113 Å². The van der Waals surface area contributed by atoms with E-state index in [1.54, 1.807) is 12.2 Å². The molecule has 2 atom stereocenters. The first-order valence-corrected chi connectivity index (χ1v) is 14.0. The zero-order valence-corrected chi connectivity index (χ0v) is 21.8. The van der Waals surface area contributed by atoms with Crippen LogP contribution in [0.5, 0.6) is 0 Å². The first-order chi connectivity index (χ1) is 16.7. The monoisotopic (exact) mass is 468 g/mol. The second-order valence-electron chi connectivity index (χ2n) is 9.36. The van der Waals surface area contributed by atoms with Crippen molar-refractivity contribution in [3.8, 4) is 24.7 Å². The van der Waals surface area contributed by atoms with Crippen molar-refractivity contribution >= 4 is 0 Å². The molecular formula is C32H52O2. The number of terminal acetylenes is 2. The third kappa shape index (κ3) is 26.5. The molecule has 0 aromatic heterocycles. The third-order valence-corrected chi connectivity index (χ3v) is 6.13. The zero-order valence-electron chi connectivity index (χ0n) is 21.8. The Labute approximate surface area is 212 Å². The van der Waals surface area contributed by atoms with Gasteiger partial charge in [-0.15, -0.1) is 12.8 Å². The second kappa shape index (κ2) is 27.5. The average molecular weight is 469 g/mol. The Morgan fingerprint density at radius 1 is 0.412 bits per heavy atom. The Kier molecular flexibility index (Phi) is 26.1. The van der Waals surface area contributed by atoms with Crippen molar-refractivity contribution in [1.82, 2.24) is 0 Å². The summed E-state index contributed by atoms with van der Waals surface area (Å²) in [7, 11) is 0. The molecule has 0 fully saturated rings. The summed E-state index contributed by atoms with van der Waals surface area (Å²) < 4.78 is 0. The van der Waals surface area contributed by atoms with Crippen LogP contribution in [0.4, 0.5) is 0 Å². The first-order valence-electron chi connectivity index (χ1n) is 14.0. The summed E-state index contributed by atoms with van der Waals surface area (Å²) in [5, 5.41) is 18.4. The van der Waals surface area contributed by atoms with Crippen LogP contribution in [-0.4, -0.2) is 22.4 Å². The maximum atomic E-state index is 9.22. The van der Waals surface area contributed by atoms with Crippen LogP contribution in [0, 0.1) is 24.7 Å². The summed E-state index contributed by atoms with van der Waals surface area (Å²) in [5.41, 5.74) is 0. The highest BCUT2D eigenvalue weighted by atomic mass is 16.3. The molecule has 0 unspecified atom stereocenters. The molecule has 2 nitrogen and oxygen atoms in total. The SMILES string of the molecule is C#C[C@H](O)/C=C/CCCCCCCCC/C=C\CCCCCCCCCCC/C=C/[C@@H](O)C#C. The summed E-state index contributed by atoms with van der Waals surface area (Å²) in [6.07, 6.45) is 46.6. The number of rotatable bonds is 24. The normalized spacial score (nSPS) is 13.5. The Bertz CT molecular complexity index is 587. The van der Waals surface area contributed by atoms with Crippen LogP contribution >= 0.6 is 0 Å². The molecule has 0 saturated heterocycles. The molecule has 0 aromatic carbocycles. The van der Waals surface area contributed by atoms with E-state index in [-0.39, 0.29) is 0 Å². The maximum Gasteiger partial charge on any atom is 0.133 e. The minimum absolute atomic E-state index is 0.719. The molecule has 0 amide bonds. The Balaban J connectivity index is 3.20. The van der Waals surface area contributed by atoms with Gasteiger partial charge < -0.3 is 10.2 Å². The summed E-state index contributed by atoms with van der Waals surface area (Å²) >= 11 is 0. The van der Waals surface area contributed by atoms with Gasteiger partial charge in [-0.05, 0) is 63.5 Å². The van der Waals surface area contributed by atoms with E-state index in [0.29, 0.717) is 0 Å². The van der Waals surface area contributed by atoms with Crippen molar-refractivity contribution in [2.75, 3.05) is 0 Å². The van der Waals surface area contributed by atoms with Gasteiger partial charge in [0.15, 0.2) is 0 Å². The zero-order chi connectivity index (χ0) is 25.0. The van der Waals surface area contributed by atoms with Crippen molar-refractivity contribution < 1.29 is 10.2 Å². The molecule has 0 spiro atoms. The number of allylic oxidation sites excluding steroid dienone is 4. The minimum atomic E-state index is -0.720. The molecule has 2 heteroatoms. The highest BCUT2D eigenvalue weighted by Crippen LogP contribution is 2.13. The molecule has 2 N–H and O–H groups in total. The van der Waals surface area contributed by atoms with Crippen LogP contribution in [0.15, 0.2) is 36.5 Å². The van der Waals surface area contributed by atoms with Gasteiger partial charge in [0.1, 0.15) is 12.2 Å². The van der Waals surface area contributed by atoms with Gasteiger partial charge in [0.25, 0.3) is 0 Å². The molecule has 0 aliphatic carbocycles. The summed E-state index contributed by atoms with van der Waals surface area (Å²) in [6, 6.07) is 0. The number of unbranched alkanes of at least 4 members (excludes halogenated alkanes) is 18. The van der Waals surface area contributed by atoms with E-state index in [4.69, 9.17) is 12.8 Å². The van der Waals surface area contributed by atoms with Gasteiger partial charge in [-0.25, -0.2) is 0 Å². The number of aliphatic hydroxyl groups excluding tert-OH is 2. The van der Waals surface area contributed by atoms with E-state index in [1.165, 1.54) is 116 Å². The number of hydrogen-bond acceptors (Lipinski definition) is 2. The van der Waals surface area contributed by atoms with Crippen LogP contribution < -0.4 is 0 Å². The lowest BCUT2D eigenvalue weighted by atomic mass is 10.0. The van der Waals surface area contributed by atoms with E-state index in [9.17, 15) is 10.2 Å². The van der Waals surface area contributed by atoms with Gasteiger partial charge in [0.05, 0.1) is 0 Å². The molecule has 0 aliphatic heterocycles. The quantitative estimate of drug-likeness (QED) is 0.0847. The fraction of sp³-hybridized carbons (Fsp3) is 0.688. The standard InChI is InChI=1S/C32H52O2/c1-3-31(33)29-27-25-23-21-19-17-15-13-11-9-7-5-6-8-10-12-14-16-18-20-22-24-26-28-30-32(34)4-2/h1-2,5,7,27-34H,6,8-26H2/b7-5-,29-27+,30-28+/t31-,32-/m0/s1. The molecular weight excluding hydrogens is 416 g/mol. The lowest BCUT2D eigenvalue weighted by Crippen LogP contribution is -1.95. The smallest absolute Gasteiger partial charge is 0.133 e. The molecule has 0 aliphatic rings. The fourth-order valence-electron chi connectivity index (χ4n) is 3.97. The van der Waals surface area contributed by atoms with E-state index >= 15 is 0 Å². The number of hydrogen-bond donors (Lipinski definition) is 2. The molecule has 0 rings (SSSR count). The summed E-state index contributed by atoms with van der Waals surface area (Å²) in [4.78, 5) is 0. The lowest BCUT2D eigenvalue weighted by Gasteiger charge is -2.02. The Morgan fingerprint density at radius 3 is 0.912 bits per heavy atom. The van der Waals surface area contributed by atoms with Crippen molar-refractivity contribution in [3.05, 3.63) is 36.5 Å². The van der Waals surface area contributed by atoms with Crippen molar-refractivity contribution in [1.29, 1.82) is 0 Å². The van der Waals surface area contributed by atoms with Gasteiger partial charge in [-0.2, -0.15) is 0 Å². The molecule has 0 aromatic rings.